The number of methoxy groups -OCH3 is 1. The topological polar surface area (TPSA) is 118 Å². The molecule has 35 heavy (non-hydrogen) atoms. The van der Waals surface area contributed by atoms with E-state index in [-0.39, 0.29) is 18.4 Å². The van der Waals surface area contributed by atoms with E-state index in [1.165, 1.54) is 11.3 Å². The number of carbonyl (C=O) groups excluding carboxylic acids is 2. The minimum atomic E-state index is -0.288. The van der Waals surface area contributed by atoms with Crippen LogP contribution in [0.1, 0.15) is 37.4 Å². The third-order valence-corrected chi connectivity index (χ3v) is 7.00. The number of thiazole rings is 1. The van der Waals surface area contributed by atoms with Gasteiger partial charge in [-0.25, -0.2) is 4.98 Å². The van der Waals surface area contributed by atoms with E-state index in [2.05, 4.69) is 10.3 Å². The number of hydrogen-bond donors (Lipinski definition) is 3. The summed E-state index contributed by atoms with van der Waals surface area (Å²) in [4.78, 5) is 32.2. The first-order valence-electron chi connectivity index (χ1n) is 11.1. The lowest BCUT2D eigenvalue weighted by molar-refractivity contribution is 0.0735. The van der Waals surface area contributed by atoms with Crippen LogP contribution in [0, 0.1) is 0 Å². The molecule has 0 spiro atoms. The summed E-state index contributed by atoms with van der Waals surface area (Å²) < 4.78 is 6.06. The molecule has 178 valence electrons. The Bertz CT molecular complexity index is 1450. The van der Waals surface area contributed by atoms with Gasteiger partial charge in [0.25, 0.3) is 11.8 Å². The van der Waals surface area contributed by atoms with Crippen molar-refractivity contribution in [2.75, 3.05) is 24.7 Å². The quantitative estimate of drug-likeness (QED) is 0.393. The van der Waals surface area contributed by atoms with Crippen LogP contribution in [-0.2, 0) is 19.6 Å². The Morgan fingerprint density at radius 2 is 1.94 bits per heavy atom. The minimum absolute atomic E-state index is 0.0646. The van der Waals surface area contributed by atoms with Crippen LogP contribution in [-0.4, -0.2) is 40.5 Å². The second-order valence-corrected chi connectivity index (χ2v) is 9.39. The minimum Gasteiger partial charge on any atom is -0.497 e. The molecule has 4 N–H and O–H groups in total. The molecule has 0 bridgehead atoms. The van der Waals surface area contributed by atoms with Crippen LogP contribution in [0.25, 0.3) is 10.2 Å². The van der Waals surface area contributed by atoms with E-state index >= 15 is 0 Å². The molecule has 0 saturated carbocycles. The number of nitrogens with two attached hydrogens (primary N) is 1. The molecule has 0 aliphatic carbocycles. The number of nitrogens with zero attached hydrogens (tertiary/aromatic N) is 2. The standard InChI is InChI=1S/C26H24N4O4S/c1-34-20-5-7-21(19(11-20)14-31)28-24(32)16-3-2-15-8-9-30(13-18(15)10-16)25(33)17-4-6-22-23(12-17)35-26(27)29-22/h2-7,10-12,31H,8-9,13-14H2,1H3,(H2,27,29)(H,28,32). The fraction of sp³-hybridized carbons (Fsp3) is 0.192. The second-order valence-electron chi connectivity index (χ2n) is 8.33. The summed E-state index contributed by atoms with van der Waals surface area (Å²) in [5.41, 5.74) is 10.8. The molecule has 9 heteroatoms. The molecule has 0 radical (unpaired) electrons. The van der Waals surface area contributed by atoms with Gasteiger partial charge in [-0.3, -0.25) is 9.59 Å². The van der Waals surface area contributed by atoms with Crippen molar-refractivity contribution < 1.29 is 19.4 Å². The average Bonchev–Trinajstić information content (AvgIpc) is 3.26. The van der Waals surface area contributed by atoms with Crippen molar-refractivity contribution in [3.8, 4) is 5.75 Å². The van der Waals surface area contributed by atoms with E-state index in [4.69, 9.17) is 10.5 Å². The zero-order chi connectivity index (χ0) is 24.5. The first-order chi connectivity index (χ1) is 16.9. The van der Waals surface area contributed by atoms with Crippen molar-refractivity contribution in [3.63, 3.8) is 0 Å². The maximum absolute atomic E-state index is 13.2. The van der Waals surface area contributed by atoms with Gasteiger partial charge in [0.15, 0.2) is 5.13 Å². The predicted octanol–water partition coefficient (Wildman–Crippen LogP) is 3.83. The lowest BCUT2D eigenvalue weighted by atomic mass is 9.96. The number of nitrogen functional groups attached to an aromatic ring is 1. The molecule has 5 rings (SSSR count). The first kappa shape index (κ1) is 22.8. The van der Waals surface area contributed by atoms with E-state index < -0.39 is 0 Å². The highest BCUT2D eigenvalue weighted by atomic mass is 32.1. The number of carbonyl (C=O) groups is 2. The molecular formula is C26H24N4O4S. The summed E-state index contributed by atoms with van der Waals surface area (Å²) in [7, 11) is 1.55. The van der Waals surface area contributed by atoms with Crippen LogP contribution in [0.4, 0.5) is 10.8 Å². The van der Waals surface area contributed by atoms with E-state index in [9.17, 15) is 14.7 Å². The molecule has 1 aliphatic rings. The van der Waals surface area contributed by atoms with Gasteiger partial charge in [-0.15, -0.1) is 0 Å². The van der Waals surface area contributed by atoms with Gasteiger partial charge in [0.05, 0.1) is 23.9 Å². The molecule has 1 aromatic heterocycles. The largest absolute Gasteiger partial charge is 0.497 e. The molecule has 3 aromatic carbocycles. The molecule has 4 aromatic rings. The number of amides is 2. The number of nitrogens with one attached hydrogen (secondary N) is 1. The Labute approximate surface area is 206 Å². The Morgan fingerprint density at radius 1 is 1.11 bits per heavy atom. The van der Waals surface area contributed by atoms with Gasteiger partial charge in [0.2, 0.25) is 0 Å². The number of anilines is 2. The van der Waals surface area contributed by atoms with Crippen molar-refractivity contribution >= 4 is 44.2 Å². The number of aromatic nitrogens is 1. The summed E-state index contributed by atoms with van der Waals surface area (Å²) in [6, 6.07) is 16.1. The predicted molar refractivity (Wildman–Crippen MR) is 136 cm³/mol. The molecule has 2 amide bonds. The molecular weight excluding hydrogens is 464 g/mol. The van der Waals surface area contributed by atoms with E-state index in [0.717, 1.165) is 21.3 Å². The van der Waals surface area contributed by atoms with E-state index in [1.807, 2.05) is 24.3 Å². The van der Waals surface area contributed by atoms with Gasteiger partial charge in [-0.05, 0) is 66.1 Å². The van der Waals surface area contributed by atoms with Crippen LogP contribution in [0.3, 0.4) is 0 Å². The third kappa shape index (κ3) is 4.55. The SMILES string of the molecule is COc1ccc(NC(=O)c2ccc3c(c2)CN(C(=O)c2ccc4nc(N)sc4c2)CC3)c(CO)c1. The van der Waals surface area contributed by atoms with Crippen LogP contribution in [0.5, 0.6) is 5.75 Å². The Balaban J connectivity index is 1.34. The first-order valence-corrected chi connectivity index (χ1v) is 11.9. The van der Waals surface area contributed by atoms with Gasteiger partial charge in [0, 0.05) is 35.5 Å². The molecule has 2 heterocycles. The molecule has 8 nitrogen and oxygen atoms in total. The van der Waals surface area contributed by atoms with Gasteiger partial charge in [-0.2, -0.15) is 0 Å². The second kappa shape index (κ2) is 9.36. The zero-order valence-electron chi connectivity index (χ0n) is 19.1. The van der Waals surface area contributed by atoms with Crippen molar-refractivity contribution in [2.45, 2.75) is 19.6 Å². The highest BCUT2D eigenvalue weighted by Gasteiger charge is 2.23. The van der Waals surface area contributed by atoms with Gasteiger partial charge < -0.3 is 25.8 Å². The maximum atomic E-state index is 13.2. The number of rotatable bonds is 5. The van der Waals surface area contributed by atoms with Crippen molar-refractivity contribution in [1.29, 1.82) is 0 Å². The molecule has 0 atom stereocenters. The summed E-state index contributed by atoms with van der Waals surface area (Å²) >= 11 is 1.36. The third-order valence-electron chi connectivity index (χ3n) is 6.15. The van der Waals surface area contributed by atoms with E-state index in [1.54, 1.807) is 42.3 Å². The number of fused-ring (bicyclic) bond motifs is 2. The molecule has 0 unspecified atom stereocenters. The van der Waals surface area contributed by atoms with Crippen LogP contribution in [0.2, 0.25) is 0 Å². The van der Waals surface area contributed by atoms with Crippen LogP contribution >= 0.6 is 11.3 Å². The van der Waals surface area contributed by atoms with Crippen LogP contribution in [0.15, 0.2) is 54.6 Å². The highest BCUT2D eigenvalue weighted by molar-refractivity contribution is 7.22. The summed E-state index contributed by atoms with van der Waals surface area (Å²) in [6.45, 7) is 0.794. The number of ether oxygens (including phenoxy) is 1. The normalized spacial score (nSPS) is 12.9. The van der Waals surface area contributed by atoms with Crippen LogP contribution < -0.4 is 15.8 Å². The average molecular weight is 489 g/mol. The summed E-state index contributed by atoms with van der Waals surface area (Å²) in [5.74, 6) is 0.248. The Morgan fingerprint density at radius 3 is 2.74 bits per heavy atom. The Kier molecular flexibility index (Phi) is 6.10. The summed E-state index contributed by atoms with van der Waals surface area (Å²) in [5, 5.41) is 13.0. The fourth-order valence-corrected chi connectivity index (χ4v) is 5.05. The van der Waals surface area contributed by atoms with Gasteiger partial charge in [-0.1, -0.05) is 17.4 Å². The number of aliphatic hydroxyl groups is 1. The van der Waals surface area contributed by atoms with Crippen molar-refractivity contribution in [2.24, 2.45) is 0 Å². The molecule has 1 aliphatic heterocycles. The zero-order valence-corrected chi connectivity index (χ0v) is 19.9. The van der Waals surface area contributed by atoms with Crippen molar-refractivity contribution in [3.05, 3.63) is 82.4 Å². The number of hydrogen-bond acceptors (Lipinski definition) is 7. The number of benzene rings is 3. The highest BCUT2D eigenvalue weighted by Crippen LogP contribution is 2.28. The monoisotopic (exact) mass is 488 g/mol. The molecule has 0 fully saturated rings. The smallest absolute Gasteiger partial charge is 0.255 e. The van der Waals surface area contributed by atoms with Crippen molar-refractivity contribution in [1.82, 2.24) is 9.88 Å². The fourth-order valence-electron chi connectivity index (χ4n) is 4.27. The lowest BCUT2D eigenvalue weighted by Crippen LogP contribution is -2.36. The number of aliphatic hydroxyl groups excluding tert-OH is 1. The van der Waals surface area contributed by atoms with Gasteiger partial charge >= 0.3 is 0 Å². The lowest BCUT2D eigenvalue weighted by Gasteiger charge is -2.29. The molecule has 0 saturated heterocycles. The summed E-state index contributed by atoms with van der Waals surface area (Å²) in [6.07, 6.45) is 0.714. The van der Waals surface area contributed by atoms with Gasteiger partial charge in [0.1, 0.15) is 5.75 Å². The Hall–Kier alpha value is -3.95. The van der Waals surface area contributed by atoms with E-state index in [0.29, 0.717) is 52.8 Å². The maximum Gasteiger partial charge on any atom is 0.255 e.